The van der Waals surface area contributed by atoms with E-state index >= 15 is 0 Å². The molecule has 1 aromatic heterocycles. The topological polar surface area (TPSA) is 49.4 Å². The highest BCUT2D eigenvalue weighted by Crippen LogP contribution is 2.24. The minimum atomic E-state index is -3.42. The molecule has 19 heavy (non-hydrogen) atoms. The van der Waals surface area contributed by atoms with E-state index in [4.69, 9.17) is 0 Å². The molecule has 0 bridgehead atoms. The van der Waals surface area contributed by atoms with Gasteiger partial charge in [0.15, 0.2) is 0 Å². The van der Waals surface area contributed by atoms with Gasteiger partial charge in [-0.15, -0.1) is 11.3 Å². The van der Waals surface area contributed by atoms with Gasteiger partial charge in [-0.3, -0.25) is 0 Å². The van der Waals surface area contributed by atoms with Gasteiger partial charge in [0.05, 0.1) is 4.90 Å². The largest absolute Gasteiger partial charge is 0.312 e. The summed E-state index contributed by atoms with van der Waals surface area (Å²) in [5.41, 5.74) is 0.826. The van der Waals surface area contributed by atoms with Crippen molar-refractivity contribution >= 4 is 21.4 Å². The van der Waals surface area contributed by atoms with Crippen molar-refractivity contribution in [3.8, 4) is 0 Å². The zero-order chi connectivity index (χ0) is 14.5. The average molecular weight is 302 g/mol. The van der Waals surface area contributed by atoms with Crippen LogP contribution in [0.2, 0.25) is 0 Å². The van der Waals surface area contributed by atoms with Gasteiger partial charge in [-0.25, -0.2) is 8.42 Å². The number of hydrogen-bond donors (Lipinski definition) is 1. The highest BCUT2D eigenvalue weighted by molar-refractivity contribution is 7.89. The van der Waals surface area contributed by atoms with Gasteiger partial charge in [0, 0.05) is 25.0 Å². The Morgan fingerprint density at radius 2 is 2.21 bits per heavy atom. The minimum absolute atomic E-state index is 0.347. The quantitative estimate of drug-likeness (QED) is 0.593. The Bertz CT molecular complexity index is 521. The lowest BCUT2D eigenvalue weighted by Crippen LogP contribution is -2.29. The van der Waals surface area contributed by atoms with Crippen LogP contribution in [0.1, 0.15) is 25.1 Å². The van der Waals surface area contributed by atoms with Gasteiger partial charge in [-0.2, -0.15) is 4.31 Å². The SMILES string of the molecule is C=C(C)CN(C)S(=O)(=O)c1ccsc1CNCCC. The molecule has 0 amide bonds. The molecule has 0 aliphatic rings. The van der Waals surface area contributed by atoms with Crippen molar-refractivity contribution in [1.82, 2.24) is 9.62 Å². The number of rotatable bonds is 8. The van der Waals surface area contributed by atoms with Gasteiger partial charge in [-0.05, 0) is 31.3 Å². The van der Waals surface area contributed by atoms with Crippen LogP contribution >= 0.6 is 11.3 Å². The molecule has 0 fully saturated rings. The van der Waals surface area contributed by atoms with E-state index in [0.29, 0.717) is 18.0 Å². The highest BCUT2D eigenvalue weighted by Gasteiger charge is 2.24. The summed E-state index contributed by atoms with van der Waals surface area (Å²) in [5.74, 6) is 0. The van der Waals surface area contributed by atoms with Crippen molar-refractivity contribution in [2.45, 2.75) is 31.7 Å². The second-order valence-corrected chi connectivity index (χ2v) is 7.62. The van der Waals surface area contributed by atoms with E-state index < -0.39 is 10.0 Å². The van der Waals surface area contributed by atoms with Crippen molar-refractivity contribution in [2.75, 3.05) is 20.1 Å². The van der Waals surface area contributed by atoms with Crippen molar-refractivity contribution in [3.63, 3.8) is 0 Å². The zero-order valence-corrected chi connectivity index (χ0v) is 13.4. The van der Waals surface area contributed by atoms with Crippen LogP contribution in [-0.2, 0) is 16.6 Å². The second kappa shape index (κ2) is 7.19. The number of nitrogens with one attached hydrogen (secondary N) is 1. The molecule has 6 heteroatoms. The maximum atomic E-state index is 12.4. The average Bonchev–Trinajstić information content (AvgIpc) is 2.77. The van der Waals surface area contributed by atoms with E-state index in [1.807, 2.05) is 12.3 Å². The van der Waals surface area contributed by atoms with Crippen LogP contribution in [0.5, 0.6) is 0 Å². The number of sulfonamides is 1. The maximum absolute atomic E-state index is 12.4. The zero-order valence-electron chi connectivity index (χ0n) is 11.8. The standard InChI is InChI=1S/C13H22N2O2S2/c1-5-7-14-9-12-13(6-8-18-12)19(16,17)15(4)10-11(2)3/h6,8,14H,2,5,7,9-10H2,1,3-4H3. The molecular formula is C13H22N2O2S2. The van der Waals surface area contributed by atoms with Crippen molar-refractivity contribution in [1.29, 1.82) is 0 Å². The molecule has 1 rings (SSSR count). The molecule has 0 atom stereocenters. The van der Waals surface area contributed by atoms with Gasteiger partial charge in [-0.1, -0.05) is 19.1 Å². The Morgan fingerprint density at radius 1 is 1.53 bits per heavy atom. The molecule has 1 heterocycles. The van der Waals surface area contributed by atoms with Gasteiger partial charge in [0.2, 0.25) is 10.0 Å². The molecular weight excluding hydrogens is 280 g/mol. The Labute approximate surface area is 120 Å². The molecule has 0 aliphatic heterocycles. The fourth-order valence-corrected chi connectivity index (χ4v) is 4.31. The van der Waals surface area contributed by atoms with Crippen LogP contribution in [0.4, 0.5) is 0 Å². The van der Waals surface area contributed by atoms with E-state index in [1.165, 1.54) is 15.6 Å². The molecule has 0 spiro atoms. The molecule has 0 aromatic carbocycles. The first-order valence-corrected chi connectivity index (χ1v) is 8.59. The molecule has 0 unspecified atom stereocenters. The highest BCUT2D eigenvalue weighted by atomic mass is 32.2. The molecule has 0 aliphatic carbocycles. The summed E-state index contributed by atoms with van der Waals surface area (Å²) in [6.45, 7) is 9.50. The summed E-state index contributed by atoms with van der Waals surface area (Å²) in [6.07, 6.45) is 1.03. The third-order valence-corrected chi connectivity index (χ3v) is 5.54. The number of thiophene rings is 1. The lowest BCUT2D eigenvalue weighted by molar-refractivity contribution is 0.492. The summed E-state index contributed by atoms with van der Waals surface area (Å²) in [7, 11) is -1.83. The summed E-state index contributed by atoms with van der Waals surface area (Å²) < 4.78 is 26.2. The van der Waals surface area contributed by atoms with Crippen LogP contribution in [0.3, 0.4) is 0 Å². The van der Waals surface area contributed by atoms with Crippen LogP contribution in [0.25, 0.3) is 0 Å². The van der Waals surface area contributed by atoms with Gasteiger partial charge in [0.25, 0.3) is 0 Å². The van der Waals surface area contributed by atoms with E-state index in [1.54, 1.807) is 13.1 Å². The van der Waals surface area contributed by atoms with Crippen LogP contribution in [-0.4, -0.2) is 32.9 Å². The molecule has 1 N–H and O–H groups in total. The monoisotopic (exact) mass is 302 g/mol. The summed E-state index contributed by atoms with van der Waals surface area (Å²) in [5, 5.41) is 5.06. The van der Waals surface area contributed by atoms with Crippen molar-refractivity contribution in [3.05, 3.63) is 28.5 Å². The smallest absolute Gasteiger partial charge is 0.244 e. The number of hydrogen-bond acceptors (Lipinski definition) is 4. The van der Waals surface area contributed by atoms with Crippen LogP contribution in [0.15, 0.2) is 28.5 Å². The molecule has 1 aromatic rings. The first kappa shape index (κ1) is 16.4. The van der Waals surface area contributed by atoms with Crippen LogP contribution < -0.4 is 5.32 Å². The van der Waals surface area contributed by atoms with Gasteiger partial charge >= 0.3 is 0 Å². The van der Waals surface area contributed by atoms with E-state index in [0.717, 1.165) is 23.4 Å². The first-order chi connectivity index (χ1) is 8.89. The molecule has 0 saturated carbocycles. The van der Waals surface area contributed by atoms with E-state index in [-0.39, 0.29) is 0 Å². The van der Waals surface area contributed by atoms with Crippen molar-refractivity contribution < 1.29 is 8.42 Å². The third kappa shape index (κ3) is 4.42. The van der Waals surface area contributed by atoms with Crippen LogP contribution in [0, 0.1) is 0 Å². The van der Waals surface area contributed by atoms with Crippen molar-refractivity contribution in [2.24, 2.45) is 0 Å². The Balaban J connectivity index is 2.89. The lowest BCUT2D eigenvalue weighted by Gasteiger charge is -2.17. The third-order valence-electron chi connectivity index (χ3n) is 2.60. The first-order valence-electron chi connectivity index (χ1n) is 6.27. The summed E-state index contributed by atoms with van der Waals surface area (Å²) in [4.78, 5) is 1.27. The molecule has 108 valence electrons. The normalized spacial score (nSPS) is 12.0. The molecule has 0 saturated heterocycles. The van der Waals surface area contributed by atoms with E-state index in [2.05, 4.69) is 18.8 Å². The van der Waals surface area contributed by atoms with Gasteiger partial charge < -0.3 is 5.32 Å². The molecule has 0 radical (unpaired) electrons. The second-order valence-electron chi connectivity index (χ2n) is 4.60. The predicted molar refractivity (Wildman–Crippen MR) is 80.9 cm³/mol. The fraction of sp³-hybridized carbons (Fsp3) is 0.538. The maximum Gasteiger partial charge on any atom is 0.244 e. The number of nitrogens with zero attached hydrogens (tertiary/aromatic N) is 1. The molecule has 4 nitrogen and oxygen atoms in total. The van der Waals surface area contributed by atoms with E-state index in [9.17, 15) is 8.42 Å². The fourth-order valence-electron chi connectivity index (χ4n) is 1.70. The Hall–Kier alpha value is -0.690. The predicted octanol–water partition coefficient (Wildman–Crippen LogP) is 2.44. The Morgan fingerprint density at radius 3 is 2.79 bits per heavy atom. The Kier molecular flexibility index (Phi) is 6.19. The summed E-state index contributed by atoms with van der Waals surface area (Å²) >= 11 is 1.47. The van der Waals surface area contributed by atoms with Gasteiger partial charge in [0.1, 0.15) is 0 Å². The summed E-state index contributed by atoms with van der Waals surface area (Å²) in [6, 6.07) is 1.68. The lowest BCUT2D eigenvalue weighted by atomic mass is 10.4. The number of likely N-dealkylation sites (N-methyl/N-ethyl adjacent to an activating group) is 1. The minimum Gasteiger partial charge on any atom is -0.312 e.